The first-order valence-electron chi connectivity index (χ1n) is 8.30. The Morgan fingerprint density at radius 2 is 1.65 bits per heavy atom. The average molecular weight is 364 g/mol. The highest BCUT2D eigenvalue weighted by Gasteiger charge is 2.25. The van der Waals surface area contributed by atoms with Gasteiger partial charge in [0.1, 0.15) is 0 Å². The Labute approximate surface area is 151 Å². The van der Waals surface area contributed by atoms with Crippen LogP contribution in [0.2, 0.25) is 0 Å². The van der Waals surface area contributed by atoms with Crippen LogP contribution in [-0.4, -0.2) is 45.9 Å². The van der Waals surface area contributed by atoms with Gasteiger partial charge >= 0.3 is 17.9 Å². The average Bonchev–Trinajstić information content (AvgIpc) is 2.56. The third-order valence-corrected chi connectivity index (χ3v) is 3.96. The minimum absolute atomic E-state index is 0.0275. The molecule has 1 unspecified atom stereocenters. The molecule has 0 aliphatic heterocycles. The highest BCUT2D eigenvalue weighted by atomic mass is 16.5. The maximum atomic E-state index is 11.6. The number of aromatic carboxylic acids is 3. The van der Waals surface area contributed by atoms with Crippen molar-refractivity contribution in [2.24, 2.45) is 0 Å². The molecule has 3 N–H and O–H groups in total. The Bertz CT molecular complexity index is 706. The number of rotatable bonds is 11. The Morgan fingerprint density at radius 1 is 1.08 bits per heavy atom. The summed E-state index contributed by atoms with van der Waals surface area (Å²) in [4.78, 5) is 34.3. The lowest BCUT2D eigenvalue weighted by Crippen LogP contribution is -2.17. The van der Waals surface area contributed by atoms with Crippen molar-refractivity contribution >= 4 is 17.9 Å². The highest BCUT2D eigenvalue weighted by Crippen LogP contribution is 2.23. The molecule has 0 aliphatic rings. The van der Waals surface area contributed by atoms with Crippen molar-refractivity contribution < 1.29 is 34.4 Å². The Kier molecular flexibility index (Phi) is 7.99. The van der Waals surface area contributed by atoms with Crippen molar-refractivity contribution in [3.05, 3.63) is 46.5 Å². The standard InChI is InChI=1S/C19H24O7/c1-4-12(26-10-11(2)3)6-5-7-13-14(17(20)21)8-9-15(18(22)23)16(13)19(24)25/h8-9,12H,2,4-7,10H2,1,3H3,(H,20,21)(H,22,23)(H,24,25). The number of carboxylic acids is 3. The third-order valence-electron chi connectivity index (χ3n) is 3.96. The van der Waals surface area contributed by atoms with E-state index >= 15 is 0 Å². The molecule has 0 spiro atoms. The van der Waals surface area contributed by atoms with Gasteiger partial charge in [-0.25, -0.2) is 14.4 Å². The maximum Gasteiger partial charge on any atom is 0.336 e. The van der Waals surface area contributed by atoms with Crippen LogP contribution < -0.4 is 0 Å². The zero-order valence-electron chi connectivity index (χ0n) is 14.9. The summed E-state index contributed by atoms with van der Waals surface area (Å²) in [6.45, 7) is 8.00. The van der Waals surface area contributed by atoms with Crippen LogP contribution in [0.25, 0.3) is 0 Å². The number of carbonyl (C=O) groups is 3. The van der Waals surface area contributed by atoms with Gasteiger partial charge in [-0.1, -0.05) is 19.1 Å². The number of benzene rings is 1. The SMILES string of the molecule is C=C(C)COC(CC)CCCc1c(C(=O)O)ccc(C(=O)O)c1C(=O)O. The van der Waals surface area contributed by atoms with Crippen LogP contribution in [0, 0.1) is 0 Å². The van der Waals surface area contributed by atoms with Crippen LogP contribution in [-0.2, 0) is 11.2 Å². The van der Waals surface area contributed by atoms with Crippen molar-refractivity contribution in [3.63, 3.8) is 0 Å². The molecule has 0 bridgehead atoms. The molecule has 0 fully saturated rings. The lowest BCUT2D eigenvalue weighted by atomic mass is 9.91. The van der Waals surface area contributed by atoms with Gasteiger partial charge in [-0.2, -0.15) is 0 Å². The monoisotopic (exact) mass is 364 g/mol. The van der Waals surface area contributed by atoms with Crippen LogP contribution in [0.3, 0.4) is 0 Å². The predicted octanol–water partition coefficient (Wildman–Crippen LogP) is 3.48. The summed E-state index contributed by atoms with van der Waals surface area (Å²) in [5.41, 5.74) is -0.154. The van der Waals surface area contributed by atoms with Gasteiger partial charge in [0.05, 0.1) is 29.4 Å². The first-order valence-corrected chi connectivity index (χ1v) is 8.30. The molecule has 7 nitrogen and oxygen atoms in total. The van der Waals surface area contributed by atoms with E-state index in [2.05, 4.69) is 6.58 Å². The number of carboxylic acid groups (broad SMARTS) is 3. The van der Waals surface area contributed by atoms with E-state index < -0.39 is 29.0 Å². The first kappa shape index (κ1) is 21.4. The van der Waals surface area contributed by atoms with Crippen molar-refractivity contribution in [2.45, 2.75) is 45.6 Å². The molecular weight excluding hydrogens is 340 g/mol. The van der Waals surface area contributed by atoms with Gasteiger partial charge in [0.15, 0.2) is 0 Å². The third kappa shape index (κ3) is 5.70. The normalized spacial score (nSPS) is 11.8. The van der Waals surface area contributed by atoms with E-state index in [1.54, 1.807) is 0 Å². The fourth-order valence-corrected chi connectivity index (χ4v) is 2.70. The van der Waals surface area contributed by atoms with Gasteiger partial charge in [-0.3, -0.25) is 0 Å². The fraction of sp³-hybridized carbons (Fsp3) is 0.421. The van der Waals surface area contributed by atoms with E-state index in [0.717, 1.165) is 24.1 Å². The van der Waals surface area contributed by atoms with Gasteiger partial charge in [-0.15, -0.1) is 0 Å². The number of hydrogen-bond acceptors (Lipinski definition) is 4. The molecule has 142 valence electrons. The van der Waals surface area contributed by atoms with Gasteiger partial charge < -0.3 is 20.1 Å². The van der Waals surface area contributed by atoms with Gasteiger partial charge in [-0.05, 0) is 50.3 Å². The lowest BCUT2D eigenvalue weighted by Gasteiger charge is -2.17. The van der Waals surface area contributed by atoms with E-state index in [1.165, 1.54) is 0 Å². The van der Waals surface area contributed by atoms with E-state index in [9.17, 15) is 29.7 Å². The predicted molar refractivity (Wildman–Crippen MR) is 95.1 cm³/mol. The number of ether oxygens (including phenoxy) is 1. The summed E-state index contributed by atoms with van der Waals surface area (Å²) < 4.78 is 5.68. The Morgan fingerprint density at radius 3 is 2.12 bits per heavy atom. The van der Waals surface area contributed by atoms with E-state index in [0.29, 0.717) is 19.4 Å². The van der Waals surface area contributed by atoms with Gasteiger partial charge in [0.25, 0.3) is 0 Å². The molecule has 1 aromatic rings. The zero-order valence-corrected chi connectivity index (χ0v) is 14.9. The Balaban J connectivity index is 3.07. The molecular formula is C19H24O7. The molecule has 1 aromatic carbocycles. The molecule has 26 heavy (non-hydrogen) atoms. The molecule has 1 rings (SSSR count). The summed E-state index contributed by atoms with van der Waals surface area (Å²) in [5.74, 6) is -4.15. The minimum Gasteiger partial charge on any atom is -0.478 e. The smallest absolute Gasteiger partial charge is 0.336 e. The van der Waals surface area contributed by atoms with Crippen molar-refractivity contribution in [2.75, 3.05) is 6.61 Å². The van der Waals surface area contributed by atoms with Crippen LogP contribution >= 0.6 is 0 Å². The van der Waals surface area contributed by atoms with Crippen LogP contribution in [0.1, 0.15) is 69.7 Å². The van der Waals surface area contributed by atoms with Crippen LogP contribution in [0.5, 0.6) is 0 Å². The van der Waals surface area contributed by atoms with E-state index in [1.807, 2.05) is 13.8 Å². The molecule has 0 radical (unpaired) electrons. The largest absolute Gasteiger partial charge is 0.478 e. The molecule has 0 amide bonds. The van der Waals surface area contributed by atoms with Crippen molar-refractivity contribution in [1.29, 1.82) is 0 Å². The van der Waals surface area contributed by atoms with Crippen LogP contribution in [0.15, 0.2) is 24.3 Å². The second-order valence-electron chi connectivity index (χ2n) is 6.12. The summed E-state index contributed by atoms with van der Waals surface area (Å²) in [5, 5.41) is 27.9. The topological polar surface area (TPSA) is 121 Å². The maximum absolute atomic E-state index is 11.6. The van der Waals surface area contributed by atoms with Crippen LogP contribution in [0.4, 0.5) is 0 Å². The molecule has 0 heterocycles. The molecule has 0 saturated heterocycles. The summed E-state index contributed by atoms with van der Waals surface area (Å²) in [6, 6.07) is 2.16. The fourth-order valence-electron chi connectivity index (χ4n) is 2.70. The first-order chi connectivity index (χ1) is 12.2. The zero-order chi connectivity index (χ0) is 19.9. The summed E-state index contributed by atoms with van der Waals surface area (Å²) in [7, 11) is 0. The molecule has 0 aromatic heterocycles. The summed E-state index contributed by atoms with van der Waals surface area (Å²) in [6.07, 6.45) is 1.89. The van der Waals surface area contributed by atoms with Crippen molar-refractivity contribution in [1.82, 2.24) is 0 Å². The molecule has 0 aliphatic carbocycles. The van der Waals surface area contributed by atoms with Gasteiger partial charge in [0, 0.05) is 0 Å². The summed E-state index contributed by atoms with van der Waals surface area (Å²) >= 11 is 0. The second-order valence-corrected chi connectivity index (χ2v) is 6.12. The van der Waals surface area contributed by atoms with Gasteiger partial charge in [0.2, 0.25) is 0 Å². The number of hydrogen-bond donors (Lipinski definition) is 3. The molecule has 0 saturated carbocycles. The van der Waals surface area contributed by atoms with E-state index in [-0.39, 0.29) is 23.7 Å². The lowest BCUT2D eigenvalue weighted by molar-refractivity contribution is 0.0593. The Hall–Kier alpha value is -2.67. The highest BCUT2D eigenvalue weighted by molar-refractivity contribution is 6.05. The van der Waals surface area contributed by atoms with Crippen molar-refractivity contribution in [3.8, 4) is 0 Å². The molecule has 1 atom stereocenters. The molecule has 7 heteroatoms. The second kappa shape index (κ2) is 9.72. The quantitative estimate of drug-likeness (QED) is 0.514. The van der Waals surface area contributed by atoms with E-state index in [4.69, 9.17) is 4.74 Å². The minimum atomic E-state index is -1.45.